The first-order valence-electron chi connectivity index (χ1n) is 10.4. The maximum atomic E-state index is 11.7. The summed E-state index contributed by atoms with van der Waals surface area (Å²) in [5, 5.41) is 11.6. The van der Waals surface area contributed by atoms with E-state index in [0.29, 0.717) is 24.6 Å². The molecule has 0 bridgehead atoms. The maximum Gasteiger partial charge on any atom is 0.329 e. The predicted octanol–water partition coefficient (Wildman–Crippen LogP) is 4.85. The molecule has 0 amide bonds. The number of benzene rings is 1. The molecule has 3 N–H and O–H groups in total. The van der Waals surface area contributed by atoms with E-state index in [0.717, 1.165) is 31.2 Å². The summed E-state index contributed by atoms with van der Waals surface area (Å²) in [5.74, 6) is -0.387. The Labute approximate surface area is 181 Å². The lowest BCUT2D eigenvalue weighted by molar-refractivity contribution is -0.139. The molecule has 30 heavy (non-hydrogen) atoms. The van der Waals surface area contributed by atoms with Gasteiger partial charge in [-0.25, -0.2) is 0 Å². The van der Waals surface area contributed by atoms with Gasteiger partial charge in [0.15, 0.2) is 0 Å². The van der Waals surface area contributed by atoms with Gasteiger partial charge in [0.1, 0.15) is 0 Å². The lowest BCUT2D eigenvalue weighted by Crippen LogP contribution is -2.42. The zero-order chi connectivity index (χ0) is 21.6. The fourth-order valence-corrected chi connectivity index (χ4v) is 5.82. The summed E-state index contributed by atoms with van der Waals surface area (Å²) in [4.78, 5) is 33.5. The van der Waals surface area contributed by atoms with E-state index < -0.39 is 13.6 Å². The highest BCUT2D eigenvalue weighted by atomic mass is 32.1. The van der Waals surface area contributed by atoms with Crippen molar-refractivity contribution in [2.75, 3.05) is 0 Å². The molecule has 3 rings (SSSR count). The van der Waals surface area contributed by atoms with E-state index in [9.17, 15) is 24.3 Å². The van der Waals surface area contributed by atoms with Gasteiger partial charge in [-0.2, -0.15) is 0 Å². The molecular formula is C22H30NO5PS. The van der Waals surface area contributed by atoms with E-state index in [1.54, 1.807) is 23.5 Å². The third kappa shape index (κ3) is 7.33. The predicted molar refractivity (Wildman–Crippen MR) is 118 cm³/mol. The Hall–Kier alpha value is -1.50. The van der Waals surface area contributed by atoms with Crippen LogP contribution in [0.15, 0.2) is 41.8 Å². The number of rotatable bonds is 10. The Morgan fingerprint density at radius 3 is 2.30 bits per heavy atom. The number of carboxylic acid groups (broad SMARTS) is 1. The summed E-state index contributed by atoms with van der Waals surface area (Å²) < 4.78 is 11.2. The van der Waals surface area contributed by atoms with Crippen LogP contribution in [0.5, 0.6) is 0 Å². The minimum Gasteiger partial charge on any atom is -0.481 e. The van der Waals surface area contributed by atoms with Crippen LogP contribution >= 0.6 is 18.9 Å². The topological polar surface area (TPSA) is 98.1 Å². The van der Waals surface area contributed by atoms with Crippen LogP contribution in [0.25, 0.3) is 0 Å². The summed E-state index contributed by atoms with van der Waals surface area (Å²) in [6, 6.07) is 11.4. The zero-order valence-electron chi connectivity index (χ0n) is 17.0. The summed E-state index contributed by atoms with van der Waals surface area (Å²) in [5.41, 5.74) is 1.62. The van der Waals surface area contributed by atoms with Crippen LogP contribution in [0, 0.1) is 5.92 Å². The second-order valence-corrected chi connectivity index (χ2v) is 10.9. The normalized spacial score (nSPS) is 16.6. The van der Waals surface area contributed by atoms with Gasteiger partial charge in [0.05, 0.1) is 12.6 Å². The highest BCUT2D eigenvalue weighted by Crippen LogP contribution is 2.39. The number of hydrogen-bond acceptors (Lipinski definition) is 4. The smallest absolute Gasteiger partial charge is 0.329 e. The van der Waals surface area contributed by atoms with E-state index >= 15 is 0 Å². The van der Waals surface area contributed by atoms with Gasteiger partial charge in [-0.15, -0.1) is 11.3 Å². The van der Waals surface area contributed by atoms with E-state index in [1.807, 2.05) is 23.6 Å². The Morgan fingerprint density at radius 1 is 1.07 bits per heavy atom. The monoisotopic (exact) mass is 451 g/mol. The molecule has 1 aromatic carbocycles. The van der Waals surface area contributed by atoms with Crippen LogP contribution in [0.2, 0.25) is 0 Å². The number of nitrogens with zero attached hydrogens (tertiary/aromatic N) is 1. The highest BCUT2D eigenvalue weighted by molar-refractivity contribution is 7.50. The lowest BCUT2D eigenvalue weighted by atomic mass is 9.81. The number of thiophene rings is 1. The summed E-state index contributed by atoms with van der Waals surface area (Å²) in [6.45, 7) is 1.32. The molecule has 1 heterocycles. The van der Waals surface area contributed by atoms with Gasteiger partial charge in [-0.1, -0.05) is 49.6 Å². The molecule has 6 nitrogen and oxygen atoms in total. The van der Waals surface area contributed by atoms with Crippen molar-refractivity contribution in [1.82, 2.24) is 4.90 Å². The van der Waals surface area contributed by atoms with Crippen molar-refractivity contribution < 1.29 is 24.3 Å². The standard InChI is InChI=1S/C22H30NO5PS/c24-22(25)13-21(19-5-2-1-3-6-19)23(15-20-7-4-12-30-20)14-17-8-10-18(11-9-17)16-29(26,27)28/h4,7-12,19,21H,1-3,5-6,13-16H2,(H,24,25)(H2,26,27,28). The van der Waals surface area contributed by atoms with Crippen molar-refractivity contribution in [2.24, 2.45) is 5.92 Å². The number of carbonyl (C=O) groups is 1. The molecule has 0 saturated heterocycles. The van der Waals surface area contributed by atoms with Crippen molar-refractivity contribution in [3.63, 3.8) is 0 Å². The molecule has 1 aliphatic rings. The van der Waals surface area contributed by atoms with Crippen LogP contribution < -0.4 is 0 Å². The van der Waals surface area contributed by atoms with Crippen molar-refractivity contribution >= 4 is 24.9 Å². The van der Waals surface area contributed by atoms with Crippen molar-refractivity contribution in [1.29, 1.82) is 0 Å². The Bertz CT molecular complexity index is 843. The van der Waals surface area contributed by atoms with Crippen molar-refractivity contribution in [3.8, 4) is 0 Å². The average molecular weight is 452 g/mol. The summed E-state index contributed by atoms with van der Waals surface area (Å²) >= 11 is 1.68. The first-order valence-corrected chi connectivity index (χ1v) is 13.1. The molecule has 0 radical (unpaired) electrons. The largest absolute Gasteiger partial charge is 0.481 e. The molecule has 0 aliphatic heterocycles. The molecule has 0 spiro atoms. The first-order chi connectivity index (χ1) is 14.3. The van der Waals surface area contributed by atoms with Crippen LogP contribution in [0.4, 0.5) is 0 Å². The Balaban J connectivity index is 1.81. The van der Waals surface area contributed by atoms with Crippen molar-refractivity contribution in [2.45, 2.75) is 63.8 Å². The SMILES string of the molecule is O=C(O)CC(C1CCCCC1)N(Cc1ccc(CP(=O)(O)O)cc1)Cc1cccs1. The third-order valence-electron chi connectivity index (χ3n) is 5.78. The van der Waals surface area contributed by atoms with Crippen LogP contribution in [-0.4, -0.2) is 31.8 Å². The van der Waals surface area contributed by atoms with E-state index in [2.05, 4.69) is 11.0 Å². The average Bonchev–Trinajstić information content (AvgIpc) is 3.20. The van der Waals surface area contributed by atoms with E-state index in [4.69, 9.17) is 0 Å². The lowest BCUT2D eigenvalue weighted by Gasteiger charge is -2.38. The molecule has 1 unspecified atom stereocenters. The van der Waals surface area contributed by atoms with Gasteiger partial charge in [-0.3, -0.25) is 14.3 Å². The quantitative estimate of drug-likeness (QED) is 0.447. The first kappa shape index (κ1) is 23.2. The number of aliphatic carboxylic acids is 1. The van der Waals surface area contributed by atoms with Crippen LogP contribution in [0.3, 0.4) is 0 Å². The molecule has 2 aromatic rings. The molecule has 8 heteroatoms. The molecule has 1 atom stereocenters. The summed E-state index contributed by atoms with van der Waals surface area (Å²) in [6.07, 6.45) is 5.54. The van der Waals surface area contributed by atoms with Gasteiger partial charge in [-0.05, 0) is 41.3 Å². The molecular weight excluding hydrogens is 421 g/mol. The Kier molecular flexibility index (Phi) is 8.26. The molecule has 1 aliphatic carbocycles. The fourth-order valence-electron chi connectivity index (χ4n) is 4.41. The molecule has 1 aromatic heterocycles. The third-order valence-corrected chi connectivity index (χ3v) is 7.42. The Morgan fingerprint density at radius 2 is 1.73 bits per heavy atom. The van der Waals surface area contributed by atoms with Gasteiger partial charge >= 0.3 is 13.6 Å². The maximum absolute atomic E-state index is 11.7. The second kappa shape index (κ2) is 10.7. The van der Waals surface area contributed by atoms with Gasteiger partial charge < -0.3 is 14.9 Å². The fraction of sp³-hybridized carbons (Fsp3) is 0.500. The number of hydrogen-bond donors (Lipinski definition) is 3. The van der Waals surface area contributed by atoms with Crippen LogP contribution in [0.1, 0.15) is 54.5 Å². The van der Waals surface area contributed by atoms with Gasteiger partial charge in [0.25, 0.3) is 0 Å². The van der Waals surface area contributed by atoms with Crippen LogP contribution in [-0.2, 0) is 28.6 Å². The second-order valence-electron chi connectivity index (χ2n) is 8.19. The molecule has 1 fully saturated rings. The van der Waals surface area contributed by atoms with E-state index in [1.165, 1.54) is 11.3 Å². The van der Waals surface area contributed by atoms with Gasteiger partial charge in [0.2, 0.25) is 0 Å². The minimum atomic E-state index is -4.09. The molecule has 1 saturated carbocycles. The zero-order valence-corrected chi connectivity index (χ0v) is 18.7. The van der Waals surface area contributed by atoms with Gasteiger partial charge in [0, 0.05) is 24.0 Å². The van der Waals surface area contributed by atoms with E-state index in [-0.39, 0.29) is 18.6 Å². The minimum absolute atomic E-state index is 0.0281. The number of carboxylic acids is 1. The molecule has 164 valence electrons. The highest BCUT2D eigenvalue weighted by Gasteiger charge is 2.31. The van der Waals surface area contributed by atoms with Crippen molar-refractivity contribution in [3.05, 3.63) is 57.8 Å². The summed E-state index contributed by atoms with van der Waals surface area (Å²) in [7, 11) is -4.09.